The van der Waals surface area contributed by atoms with Crippen LogP contribution in [0.2, 0.25) is 0 Å². The molecule has 1 aromatic carbocycles. The van der Waals surface area contributed by atoms with E-state index in [4.69, 9.17) is 0 Å². The molecular weight excluding hydrogens is 298 g/mol. The Bertz CT molecular complexity index is 564. The topological polar surface area (TPSA) is 35.6 Å². The largest absolute Gasteiger partial charge is 0.339 e. The summed E-state index contributed by atoms with van der Waals surface area (Å²) >= 11 is 0. The third-order valence-corrected chi connectivity index (χ3v) is 6.02. The van der Waals surface area contributed by atoms with E-state index in [9.17, 15) is 4.79 Å². The number of fused-ring (bicyclic) bond motifs is 2. The maximum atomic E-state index is 13.1. The molecule has 1 aromatic rings. The van der Waals surface area contributed by atoms with E-state index in [2.05, 4.69) is 52.4 Å². The first-order valence-electron chi connectivity index (χ1n) is 9.50. The monoisotopic (exact) mass is 327 g/mol. The minimum atomic E-state index is 0.174. The first kappa shape index (κ1) is 16.1. The Morgan fingerprint density at radius 2 is 1.79 bits per heavy atom. The molecule has 1 N–H and O–H groups in total. The van der Waals surface area contributed by atoms with Crippen LogP contribution in [0.5, 0.6) is 0 Å². The molecule has 0 radical (unpaired) electrons. The molecule has 3 heterocycles. The predicted molar refractivity (Wildman–Crippen MR) is 95.5 cm³/mol. The molecule has 2 bridgehead atoms. The summed E-state index contributed by atoms with van der Waals surface area (Å²) in [6.07, 6.45) is 3.76. The van der Waals surface area contributed by atoms with E-state index < -0.39 is 0 Å². The smallest absolute Gasteiger partial charge is 0.227 e. The lowest BCUT2D eigenvalue weighted by atomic mass is 9.91. The molecule has 4 nitrogen and oxygen atoms in total. The van der Waals surface area contributed by atoms with Crippen LogP contribution in [0.3, 0.4) is 0 Å². The quantitative estimate of drug-likeness (QED) is 0.923. The van der Waals surface area contributed by atoms with Crippen LogP contribution >= 0.6 is 0 Å². The van der Waals surface area contributed by atoms with Gasteiger partial charge in [-0.25, -0.2) is 0 Å². The van der Waals surface area contributed by atoms with Gasteiger partial charge in [-0.1, -0.05) is 43.7 Å². The molecule has 4 heteroatoms. The van der Waals surface area contributed by atoms with Gasteiger partial charge in [0.1, 0.15) is 0 Å². The normalized spacial score (nSPS) is 33.6. The molecule has 3 aliphatic rings. The Morgan fingerprint density at radius 3 is 2.50 bits per heavy atom. The number of nitrogens with zero attached hydrogens (tertiary/aromatic N) is 2. The van der Waals surface area contributed by atoms with Crippen molar-refractivity contribution in [3.8, 4) is 0 Å². The van der Waals surface area contributed by atoms with Crippen molar-refractivity contribution in [3.05, 3.63) is 35.9 Å². The average Bonchev–Trinajstić information content (AvgIpc) is 2.95. The molecule has 4 unspecified atom stereocenters. The maximum absolute atomic E-state index is 13.1. The van der Waals surface area contributed by atoms with Crippen LogP contribution in [0.25, 0.3) is 0 Å². The summed E-state index contributed by atoms with van der Waals surface area (Å²) in [4.78, 5) is 17.7. The maximum Gasteiger partial charge on any atom is 0.227 e. The summed E-state index contributed by atoms with van der Waals surface area (Å²) < 4.78 is 0. The zero-order valence-electron chi connectivity index (χ0n) is 14.7. The number of piperidine rings is 1. The van der Waals surface area contributed by atoms with E-state index >= 15 is 0 Å². The zero-order chi connectivity index (χ0) is 16.5. The van der Waals surface area contributed by atoms with Crippen LogP contribution in [0.15, 0.2) is 30.3 Å². The fourth-order valence-corrected chi connectivity index (χ4v) is 4.78. The van der Waals surface area contributed by atoms with E-state index in [-0.39, 0.29) is 5.92 Å². The number of hydrogen-bond donors (Lipinski definition) is 1. The molecule has 3 saturated heterocycles. The van der Waals surface area contributed by atoms with Gasteiger partial charge in [0.2, 0.25) is 5.91 Å². The Hall–Kier alpha value is -1.39. The lowest BCUT2D eigenvalue weighted by Crippen LogP contribution is -2.61. The molecular formula is C20H29N3O. The number of hydrogen-bond acceptors (Lipinski definition) is 3. The molecule has 0 saturated carbocycles. The van der Waals surface area contributed by atoms with Crippen molar-refractivity contribution in [1.29, 1.82) is 0 Å². The second-order valence-electron chi connectivity index (χ2n) is 8.00. The summed E-state index contributed by atoms with van der Waals surface area (Å²) in [7, 11) is 0. The van der Waals surface area contributed by atoms with E-state index in [1.807, 2.05) is 0 Å². The number of amides is 1. The second kappa shape index (κ2) is 6.85. The lowest BCUT2D eigenvalue weighted by Gasteiger charge is -2.43. The molecule has 0 aliphatic carbocycles. The molecule has 4 rings (SSSR count). The van der Waals surface area contributed by atoms with Gasteiger partial charge in [-0.2, -0.15) is 0 Å². The lowest BCUT2D eigenvalue weighted by molar-refractivity contribution is -0.138. The number of benzene rings is 1. The van der Waals surface area contributed by atoms with Crippen molar-refractivity contribution in [1.82, 2.24) is 15.1 Å². The van der Waals surface area contributed by atoms with Gasteiger partial charge in [-0.05, 0) is 24.3 Å². The molecule has 130 valence electrons. The Labute approximate surface area is 145 Å². The zero-order valence-corrected chi connectivity index (χ0v) is 14.7. The molecule has 0 aromatic heterocycles. The number of carbonyl (C=O) groups is 1. The van der Waals surface area contributed by atoms with E-state index in [0.717, 1.165) is 32.7 Å². The number of rotatable bonds is 3. The third kappa shape index (κ3) is 3.35. The summed E-state index contributed by atoms with van der Waals surface area (Å²) in [5.41, 5.74) is 1.34. The third-order valence-electron chi connectivity index (χ3n) is 6.02. The van der Waals surface area contributed by atoms with E-state index in [0.29, 0.717) is 23.9 Å². The fourth-order valence-electron chi connectivity index (χ4n) is 4.78. The van der Waals surface area contributed by atoms with E-state index in [1.54, 1.807) is 0 Å². The summed E-state index contributed by atoms with van der Waals surface area (Å²) in [5.74, 6) is 1.03. The molecule has 1 amide bonds. The highest BCUT2D eigenvalue weighted by molar-refractivity contribution is 5.80. The number of nitrogens with one attached hydrogen (secondary N) is 1. The first-order valence-corrected chi connectivity index (χ1v) is 9.50. The van der Waals surface area contributed by atoms with Crippen molar-refractivity contribution in [2.45, 2.75) is 44.8 Å². The van der Waals surface area contributed by atoms with Crippen LogP contribution in [-0.2, 0) is 11.3 Å². The fraction of sp³-hybridized carbons (Fsp3) is 0.650. The van der Waals surface area contributed by atoms with Gasteiger partial charge < -0.3 is 10.2 Å². The Kier molecular flexibility index (Phi) is 4.59. The highest BCUT2D eigenvalue weighted by Gasteiger charge is 2.40. The molecule has 3 fully saturated rings. The average molecular weight is 327 g/mol. The van der Waals surface area contributed by atoms with Crippen LogP contribution in [0, 0.1) is 11.8 Å². The molecule has 0 spiro atoms. The van der Waals surface area contributed by atoms with Gasteiger partial charge in [-0.3, -0.25) is 9.69 Å². The van der Waals surface area contributed by atoms with Gasteiger partial charge in [0.05, 0.1) is 5.92 Å². The molecule has 4 atom stereocenters. The van der Waals surface area contributed by atoms with Gasteiger partial charge >= 0.3 is 0 Å². The predicted octanol–water partition coefficient (Wildman–Crippen LogP) is 2.11. The van der Waals surface area contributed by atoms with Crippen molar-refractivity contribution >= 4 is 5.91 Å². The summed E-state index contributed by atoms with van der Waals surface area (Å²) in [5, 5.41) is 3.68. The van der Waals surface area contributed by atoms with Crippen molar-refractivity contribution in [2.24, 2.45) is 11.8 Å². The second-order valence-corrected chi connectivity index (χ2v) is 8.00. The van der Waals surface area contributed by atoms with Crippen LogP contribution in [0.4, 0.5) is 0 Å². The Morgan fingerprint density at radius 1 is 1.08 bits per heavy atom. The highest BCUT2D eigenvalue weighted by atomic mass is 16.2. The van der Waals surface area contributed by atoms with Gasteiger partial charge in [0, 0.05) is 44.8 Å². The minimum Gasteiger partial charge on any atom is -0.339 e. The summed E-state index contributed by atoms with van der Waals surface area (Å²) in [6.45, 7) is 6.98. The van der Waals surface area contributed by atoms with Gasteiger partial charge in [0.25, 0.3) is 0 Å². The SMILES string of the molecule is CC1CN(Cc2ccccc2)CC1C(=O)N1CC2CCCC(C1)N2. The van der Waals surface area contributed by atoms with Crippen LogP contribution in [0.1, 0.15) is 31.7 Å². The highest BCUT2D eigenvalue weighted by Crippen LogP contribution is 2.28. The van der Waals surface area contributed by atoms with E-state index in [1.165, 1.54) is 24.8 Å². The minimum absolute atomic E-state index is 0.174. The van der Waals surface area contributed by atoms with Crippen molar-refractivity contribution in [3.63, 3.8) is 0 Å². The van der Waals surface area contributed by atoms with Crippen LogP contribution in [-0.4, -0.2) is 54.0 Å². The van der Waals surface area contributed by atoms with Crippen molar-refractivity contribution in [2.75, 3.05) is 26.2 Å². The number of likely N-dealkylation sites (tertiary alicyclic amines) is 2. The van der Waals surface area contributed by atoms with Crippen molar-refractivity contribution < 1.29 is 4.79 Å². The summed E-state index contributed by atoms with van der Waals surface area (Å²) in [6, 6.07) is 11.7. The number of piperazine rings is 1. The Balaban J connectivity index is 1.38. The van der Waals surface area contributed by atoms with Gasteiger partial charge in [-0.15, -0.1) is 0 Å². The van der Waals surface area contributed by atoms with Gasteiger partial charge in [0.15, 0.2) is 0 Å². The first-order chi connectivity index (χ1) is 11.7. The number of carbonyl (C=O) groups excluding carboxylic acids is 1. The molecule has 3 aliphatic heterocycles. The standard InChI is InChI=1S/C20H29N3O/c1-15-10-22(11-16-6-3-2-4-7-16)14-19(15)20(24)23-12-17-8-5-9-18(13-23)21-17/h2-4,6-7,15,17-19,21H,5,8-14H2,1H3. The molecule has 24 heavy (non-hydrogen) atoms. The van der Waals surface area contributed by atoms with Crippen LogP contribution < -0.4 is 5.32 Å².